The van der Waals surface area contributed by atoms with Crippen LogP contribution in [0.25, 0.3) is 0 Å². The zero-order chi connectivity index (χ0) is 18.8. The third-order valence-corrected chi connectivity index (χ3v) is 3.85. The first-order chi connectivity index (χ1) is 12.6. The lowest BCUT2D eigenvalue weighted by atomic mass is 10.1. The lowest BCUT2D eigenvalue weighted by molar-refractivity contribution is 0.1000. The van der Waals surface area contributed by atoms with Crippen molar-refractivity contribution in [1.82, 2.24) is 10.6 Å². The fraction of sp³-hybridized carbons (Fsp3) is 0.300. The molecule has 6 nitrogen and oxygen atoms in total. The molecule has 4 N–H and O–H groups in total. The fourth-order valence-corrected chi connectivity index (χ4v) is 2.56. The van der Waals surface area contributed by atoms with E-state index in [1.54, 1.807) is 19.2 Å². The Kier molecular flexibility index (Phi) is 7.49. The molecule has 2 aromatic rings. The second-order valence-corrected chi connectivity index (χ2v) is 5.75. The minimum Gasteiger partial charge on any atom is -0.496 e. The topological polar surface area (TPSA) is 88.7 Å². The molecule has 0 aromatic heterocycles. The van der Waals surface area contributed by atoms with Crippen LogP contribution in [0.3, 0.4) is 0 Å². The van der Waals surface area contributed by atoms with Gasteiger partial charge in [0.15, 0.2) is 5.96 Å². The van der Waals surface area contributed by atoms with E-state index in [2.05, 4.69) is 21.7 Å². The summed E-state index contributed by atoms with van der Waals surface area (Å²) >= 11 is 0. The van der Waals surface area contributed by atoms with Gasteiger partial charge in [0, 0.05) is 18.7 Å². The number of methoxy groups -OCH3 is 1. The number of guanidine groups is 1. The maximum atomic E-state index is 11.3. The molecule has 26 heavy (non-hydrogen) atoms. The predicted octanol–water partition coefficient (Wildman–Crippen LogP) is 2.09. The molecule has 2 rings (SSSR count). The smallest absolute Gasteiger partial charge is 0.248 e. The Morgan fingerprint density at radius 1 is 1.15 bits per heavy atom. The van der Waals surface area contributed by atoms with Gasteiger partial charge in [-0.05, 0) is 42.7 Å². The molecule has 0 aliphatic carbocycles. The average molecular weight is 354 g/mol. The molecular formula is C20H26N4O2. The monoisotopic (exact) mass is 354 g/mol. The number of carbonyl (C=O) groups excluding carboxylic acids is 1. The van der Waals surface area contributed by atoms with Gasteiger partial charge in [-0.15, -0.1) is 0 Å². The van der Waals surface area contributed by atoms with E-state index in [0.29, 0.717) is 12.1 Å². The van der Waals surface area contributed by atoms with Crippen LogP contribution in [0.4, 0.5) is 0 Å². The molecule has 0 aliphatic rings. The van der Waals surface area contributed by atoms with Crippen LogP contribution in [-0.2, 0) is 13.0 Å². The number of rotatable bonds is 8. The fourth-order valence-electron chi connectivity index (χ4n) is 2.56. The first kappa shape index (κ1) is 19.3. The molecule has 0 saturated heterocycles. The maximum absolute atomic E-state index is 11.3. The van der Waals surface area contributed by atoms with Gasteiger partial charge in [0.25, 0.3) is 0 Å². The Morgan fingerprint density at radius 3 is 2.69 bits per heavy atom. The van der Waals surface area contributed by atoms with E-state index in [0.717, 1.165) is 42.3 Å². The van der Waals surface area contributed by atoms with E-state index in [-0.39, 0.29) is 0 Å². The number of benzene rings is 2. The molecule has 0 aliphatic heterocycles. The summed E-state index contributed by atoms with van der Waals surface area (Å²) in [5, 5.41) is 6.54. The lowest BCUT2D eigenvalue weighted by Gasteiger charge is -2.13. The summed E-state index contributed by atoms with van der Waals surface area (Å²) in [6.07, 6.45) is 0.825. The van der Waals surface area contributed by atoms with E-state index in [1.165, 1.54) is 0 Å². The highest BCUT2D eigenvalue weighted by atomic mass is 16.5. The van der Waals surface area contributed by atoms with Crippen molar-refractivity contribution in [2.75, 3.05) is 20.2 Å². The van der Waals surface area contributed by atoms with E-state index >= 15 is 0 Å². The zero-order valence-corrected chi connectivity index (χ0v) is 15.3. The molecule has 0 fully saturated rings. The van der Waals surface area contributed by atoms with Crippen LogP contribution in [0.15, 0.2) is 53.5 Å². The first-order valence-electron chi connectivity index (χ1n) is 8.67. The van der Waals surface area contributed by atoms with Crippen LogP contribution in [0.2, 0.25) is 0 Å². The third kappa shape index (κ3) is 5.81. The van der Waals surface area contributed by atoms with E-state index in [1.807, 2.05) is 37.3 Å². The summed E-state index contributed by atoms with van der Waals surface area (Å²) in [4.78, 5) is 15.8. The SMILES string of the molecule is CCNC(=NCc1cccc(C(N)=O)c1)NCCc1ccccc1OC. The van der Waals surface area contributed by atoms with Crippen LogP contribution in [0.5, 0.6) is 5.75 Å². The number of primary amides is 1. The number of nitrogens with two attached hydrogens (primary N) is 1. The number of amides is 1. The van der Waals surface area contributed by atoms with Gasteiger partial charge in [0.1, 0.15) is 5.75 Å². The van der Waals surface area contributed by atoms with Gasteiger partial charge in [-0.25, -0.2) is 4.99 Å². The minimum atomic E-state index is -0.433. The summed E-state index contributed by atoms with van der Waals surface area (Å²) in [7, 11) is 1.68. The molecule has 0 saturated carbocycles. The molecule has 0 radical (unpaired) electrons. The van der Waals surface area contributed by atoms with Crippen LogP contribution < -0.4 is 21.1 Å². The summed E-state index contributed by atoms with van der Waals surface area (Å²) < 4.78 is 5.37. The first-order valence-corrected chi connectivity index (χ1v) is 8.67. The Bertz CT molecular complexity index is 759. The van der Waals surface area contributed by atoms with Crippen LogP contribution in [0, 0.1) is 0 Å². The molecule has 138 valence electrons. The number of hydrogen-bond acceptors (Lipinski definition) is 3. The Hall–Kier alpha value is -3.02. The molecule has 1 amide bonds. The highest BCUT2D eigenvalue weighted by molar-refractivity contribution is 5.92. The Morgan fingerprint density at radius 2 is 1.96 bits per heavy atom. The van der Waals surface area contributed by atoms with Crippen molar-refractivity contribution in [3.05, 3.63) is 65.2 Å². The van der Waals surface area contributed by atoms with Gasteiger partial charge in [-0.1, -0.05) is 30.3 Å². The van der Waals surface area contributed by atoms with Crippen molar-refractivity contribution in [3.8, 4) is 5.75 Å². The van der Waals surface area contributed by atoms with Gasteiger partial charge in [0.05, 0.1) is 13.7 Å². The van der Waals surface area contributed by atoms with Gasteiger partial charge < -0.3 is 21.1 Å². The molecule has 0 unspecified atom stereocenters. The Labute approximate surface area is 154 Å². The van der Waals surface area contributed by atoms with E-state index in [9.17, 15) is 4.79 Å². The van der Waals surface area contributed by atoms with Gasteiger partial charge in [-0.2, -0.15) is 0 Å². The highest BCUT2D eigenvalue weighted by Crippen LogP contribution is 2.17. The summed E-state index contributed by atoms with van der Waals surface area (Å²) in [5.41, 5.74) is 7.89. The minimum absolute atomic E-state index is 0.433. The van der Waals surface area contributed by atoms with Crippen molar-refractivity contribution in [2.45, 2.75) is 19.9 Å². The number of ether oxygens (including phenoxy) is 1. The number of nitrogens with zero attached hydrogens (tertiary/aromatic N) is 1. The van der Waals surface area contributed by atoms with Crippen molar-refractivity contribution in [2.24, 2.45) is 10.7 Å². The van der Waals surface area contributed by atoms with Crippen LogP contribution in [0.1, 0.15) is 28.4 Å². The second kappa shape index (κ2) is 10.1. The zero-order valence-electron chi connectivity index (χ0n) is 15.3. The summed E-state index contributed by atoms with van der Waals surface area (Å²) in [6, 6.07) is 15.2. The number of carbonyl (C=O) groups is 1. The molecule has 0 spiro atoms. The molecule has 2 aromatic carbocycles. The standard InChI is InChI=1S/C20H26N4O2/c1-3-22-20(23-12-11-16-8-4-5-10-18(16)26-2)24-14-15-7-6-9-17(13-15)19(21)25/h4-10,13H,3,11-12,14H2,1-2H3,(H2,21,25)(H2,22,23,24). The number of hydrogen-bond donors (Lipinski definition) is 3. The van der Waals surface area contributed by atoms with Crippen LogP contribution >= 0.6 is 0 Å². The normalized spacial score (nSPS) is 11.1. The molecule has 6 heteroatoms. The van der Waals surface area contributed by atoms with Crippen molar-refractivity contribution < 1.29 is 9.53 Å². The molecule has 0 heterocycles. The summed E-state index contributed by atoms with van der Waals surface area (Å²) in [6.45, 7) is 3.98. The molecular weight excluding hydrogens is 328 g/mol. The third-order valence-electron chi connectivity index (χ3n) is 3.85. The molecule has 0 bridgehead atoms. The van der Waals surface area contributed by atoms with Crippen LogP contribution in [-0.4, -0.2) is 32.1 Å². The average Bonchev–Trinajstić information content (AvgIpc) is 2.66. The number of para-hydroxylation sites is 1. The molecule has 0 atom stereocenters. The lowest BCUT2D eigenvalue weighted by Crippen LogP contribution is -2.38. The highest BCUT2D eigenvalue weighted by Gasteiger charge is 2.04. The second-order valence-electron chi connectivity index (χ2n) is 5.75. The quantitative estimate of drug-likeness (QED) is 0.500. The van der Waals surface area contributed by atoms with Gasteiger partial charge in [0.2, 0.25) is 5.91 Å². The van der Waals surface area contributed by atoms with Crippen molar-refractivity contribution in [3.63, 3.8) is 0 Å². The summed E-state index contributed by atoms with van der Waals surface area (Å²) in [5.74, 6) is 1.18. The van der Waals surface area contributed by atoms with Gasteiger partial charge >= 0.3 is 0 Å². The van der Waals surface area contributed by atoms with Crippen molar-refractivity contribution >= 4 is 11.9 Å². The van der Waals surface area contributed by atoms with E-state index < -0.39 is 5.91 Å². The van der Waals surface area contributed by atoms with Gasteiger partial charge in [-0.3, -0.25) is 4.79 Å². The number of nitrogens with one attached hydrogen (secondary N) is 2. The number of aliphatic imine (C=N–C) groups is 1. The largest absolute Gasteiger partial charge is 0.496 e. The predicted molar refractivity (Wildman–Crippen MR) is 104 cm³/mol. The van der Waals surface area contributed by atoms with E-state index in [4.69, 9.17) is 10.5 Å². The van der Waals surface area contributed by atoms with Crippen molar-refractivity contribution in [1.29, 1.82) is 0 Å². The Balaban J connectivity index is 1.96. The maximum Gasteiger partial charge on any atom is 0.248 e.